The lowest BCUT2D eigenvalue weighted by Gasteiger charge is -2.10. The number of hydrogen-bond acceptors (Lipinski definition) is 5. The van der Waals surface area contributed by atoms with E-state index in [1.54, 1.807) is 13.1 Å². The topological polar surface area (TPSA) is 108 Å². The maximum absolute atomic E-state index is 9.48. The third kappa shape index (κ3) is 2.88. The summed E-state index contributed by atoms with van der Waals surface area (Å²) in [6.07, 6.45) is -0.670. The number of aliphatic hydroxyl groups is 1. The summed E-state index contributed by atoms with van der Waals surface area (Å²) >= 11 is 0. The molecule has 0 fully saturated rings. The van der Waals surface area contributed by atoms with Crippen LogP contribution in [0.3, 0.4) is 0 Å². The van der Waals surface area contributed by atoms with Crippen LogP contribution >= 0.6 is 0 Å². The number of benzene rings is 1. The molecule has 5 nitrogen and oxygen atoms in total. The Kier molecular flexibility index (Phi) is 4.93. The number of rotatable bonds is 3. The first-order valence-electron chi connectivity index (χ1n) is 3.99. The number of hydrogen-bond donors (Lipinski definition) is 5. The van der Waals surface area contributed by atoms with Gasteiger partial charge in [0.15, 0.2) is 11.5 Å². The number of phenols is 2. The second kappa shape index (κ2) is 5.43. The van der Waals surface area contributed by atoms with E-state index in [0.29, 0.717) is 12.1 Å². The lowest BCUT2D eigenvalue weighted by Crippen LogP contribution is -2.16. The van der Waals surface area contributed by atoms with Crippen molar-refractivity contribution >= 4 is 0 Å². The van der Waals surface area contributed by atoms with Crippen LogP contribution < -0.4 is 11.5 Å². The second-order valence-corrected chi connectivity index (χ2v) is 2.82. The summed E-state index contributed by atoms with van der Waals surface area (Å²) in [4.78, 5) is 0. The molecule has 1 aromatic carbocycles. The summed E-state index contributed by atoms with van der Waals surface area (Å²) in [5, 5.41) is 30.4. The molecule has 5 heteroatoms. The van der Waals surface area contributed by atoms with E-state index in [1.165, 1.54) is 12.1 Å². The molecular formula is C9H16N2O3. The molecule has 0 saturated heterocycles. The van der Waals surface area contributed by atoms with Crippen molar-refractivity contribution in [3.05, 3.63) is 23.8 Å². The molecule has 0 aromatic heterocycles. The van der Waals surface area contributed by atoms with Gasteiger partial charge in [-0.2, -0.15) is 0 Å². The molecule has 0 aliphatic rings. The standard InChI is InChI=1S/C9H13NO3.H3N/c1-10-5-9(13)6-2-3-7(11)8(12)4-6;/h2-4,9-13H,5H2,1H3;1H3. The second-order valence-electron chi connectivity index (χ2n) is 2.82. The van der Waals surface area contributed by atoms with Crippen LogP contribution in [0.15, 0.2) is 18.2 Å². The Balaban J connectivity index is 0.00000169. The molecule has 0 radical (unpaired) electrons. The Morgan fingerprint density at radius 3 is 2.43 bits per heavy atom. The minimum absolute atomic E-state index is 0. The zero-order valence-electron chi connectivity index (χ0n) is 8.07. The van der Waals surface area contributed by atoms with Gasteiger partial charge in [-0.05, 0) is 24.7 Å². The van der Waals surface area contributed by atoms with Crippen LogP contribution in [0.1, 0.15) is 11.7 Å². The summed E-state index contributed by atoms with van der Waals surface area (Å²) in [7, 11) is 1.73. The summed E-state index contributed by atoms with van der Waals surface area (Å²) in [5.41, 5.74) is 0.574. The molecule has 0 saturated carbocycles. The van der Waals surface area contributed by atoms with Gasteiger partial charge in [0.05, 0.1) is 6.10 Å². The monoisotopic (exact) mass is 200 g/mol. The van der Waals surface area contributed by atoms with Crippen LogP contribution in [0.5, 0.6) is 11.5 Å². The van der Waals surface area contributed by atoms with Crippen LogP contribution in [0, 0.1) is 0 Å². The predicted octanol–water partition coefficient (Wildman–Crippen LogP) is 0.513. The van der Waals surface area contributed by atoms with E-state index < -0.39 is 6.10 Å². The van der Waals surface area contributed by atoms with E-state index in [-0.39, 0.29) is 17.6 Å². The molecule has 14 heavy (non-hydrogen) atoms. The van der Waals surface area contributed by atoms with Crippen LogP contribution in [-0.2, 0) is 0 Å². The molecule has 1 atom stereocenters. The maximum Gasteiger partial charge on any atom is 0.157 e. The van der Waals surface area contributed by atoms with Gasteiger partial charge in [-0.1, -0.05) is 6.07 Å². The highest BCUT2D eigenvalue weighted by Gasteiger charge is 2.08. The van der Waals surface area contributed by atoms with Crippen LogP contribution in [0.4, 0.5) is 0 Å². The van der Waals surface area contributed by atoms with Crippen molar-refractivity contribution in [2.24, 2.45) is 0 Å². The molecule has 0 bridgehead atoms. The molecule has 7 N–H and O–H groups in total. The van der Waals surface area contributed by atoms with E-state index in [1.807, 2.05) is 0 Å². The molecular weight excluding hydrogens is 184 g/mol. The van der Waals surface area contributed by atoms with Gasteiger partial charge in [0, 0.05) is 6.54 Å². The number of likely N-dealkylation sites (N-methyl/N-ethyl adjacent to an activating group) is 1. The highest BCUT2D eigenvalue weighted by atomic mass is 16.3. The minimum Gasteiger partial charge on any atom is -0.504 e. The van der Waals surface area contributed by atoms with E-state index in [0.717, 1.165) is 0 Å². The molecule has 0 heterocycles. The third-order valence-electron chi connectivity index (χ3n) is 1.78. The van der Waals surface area contributed by atoms with Crippen molar-refractivity contribution in [2.75, 3.05) is 13.6 Å². The lowest BCUT2D eigenvalue weighted by atomic mass is 10.1. The van der Waals surface area contributed by atoms with Crippen molar-refractivity contribution in [1.82, 2.24) is 11.5 Å². The minimum atomic E-state index is -0.670. The average molecular weight is 200 g/mol. The van der Waals surface area contributed by atoms with Crippen molar-refractivity contribution in [3.8, 4) is 11.5 Å². The van der Waals surface area contributed by atoms with E-state index in [4.69, 9.17) is 10.2 Å². The third-order valence-corrected chi connectivity index (χ3v) is 1.78. The van der Waals surface area contributed by atoms with Gasteiger partial charge in [-0.3, -0.25) is 0 Å². The van der Waals surface area contributed by atoms with Crippen LogP contribution in [-0.4, -0.2) is 28.9 Å². The Morgan fingerprint density at radius 1 is 1.29 bits per heavy atom. The van der Waals surface area contributed by atoms with Crippen molar-refractivity contribution in [2.45, 2.75) is 6.10 Å². The predicted molar refractivity (Wildman–Crippen MR) is 53.7 cm³/mol. The molecule has 1 unspecified atom stereocenters. The first-order chi connectivity index (χ1) is 6.15. The van der Waals surface area contributed by atoms with E-state index in [9.17, 15) is 5.11 Å². The van der Waals surface area contributed by atoms with Gasteiger partial charge < -0.3 is 26.8 Å². The molecule has 1 aromatic rings. The van der Waals surface area contributed by atoms with Crippen LogP contribution in [0.2, 0.25) is 0 Å². The summed E-state index contributed by atoms with van der Waals surface area (Å²) < 4.78 is 0. The summed E-state index contributed by atoms with van der Waals surface area (Å²) in [6.45, 7) is 0.407. The van der Waals surface area contributed by atoms with E-state index >= 15 is 0 Å². The van der Waals surface area contributed by atoms with Crippen LogP contribution in [0.25, 0.3) is 0 Å². The first kappa shape index (κ1) is 12.7. The highest BCUT2D eigenvalue weighted by molar-refractivity contribution is 5.41. The Hall–Kier alpha value is -1.30. The molecule has 1 rings (SSSR count). The smallest absolute Gasteiger partial charge is 0.157 e. The van der Waals surface area contributed by atoms with Crippen molar-refractivity contribution in [3.63, 3.8) is 0 Å². The van der Waals surface area contributed by atoms with Gasteiger partial charge in [0.25, 0.3) is 0 Å². The van der Waals surface area contributed by atoms with Gasteiger partial charge in [-0.25, -0.2) is 0 Å². The van der Waals surface area contributed by atoms with Gasteiger partial charge in [0.2, 0.25) is 0 Å². The van der Waals surface area contributed by atoms with Crippen molar-refractivity contribution in [1.29, 1.82) is 0 Å². The number of nitrogens with one attached hydrogen (secondary N) is 1. The quantitative estimate of drug-likeness (QED) is 0.457. The number of aliphatic hydroxyl groups excluding tert-OH is 1. The summed E-state index contributed by atoms with van der Waals surface area (Å²) in [6, 6.07) is 4.26. The summed E-state index contributed by atoms with van der Waals surface area (Å²) in [5.74, 6) is -0.395. The molecule has 0 aliphatic carbocycles. The lowest BCUT2D eigenvalue weighted by molar-refractivity contribution is 0.177. The SMILES string of the molecule is CNCC(O)c1ccc(O)c(O)c1.N. The average Bonchev–Trinajstić information content (AvgIpc) is 2.10. The van der Waals surface area contributed by atoms with Gasteiger partial charge in [-0.15, -0.1) is 0 Å². The Labute approximate surface area is 82.6 Å². The number of phenolic OH excluding ortho intramolecular Hbond substituents is 2. The molecule has 0 aliphatic heterocycles. The van der Waals surface area contributed by atoms with E-state index in [2.05, 4.69) is 5.32 Å². The van der Waals surface area contributed by atoms with Gasteiger partial charge in [0.1, 0.15) is 0 Å². The molecule has 0 spiro atoms. The highest BCUT2D eigenvalue weighted by Crippen LogP contribution is 2.27. The number of aromatic hydroxyl groups is 2. The Bertz CT molecular complexity index is 291. The molecule has 0 amide bonds. The van der Waals surface area contributed by atoms with Crippen molar-refractivity contribution < 1.29 is 15.3 Å². The fourth-order valence-electron chi connectivity index (χ4n) is 1.06. The fraction of sp³-hybridized carbons (Fsp3) is 0.333. The largest absolute Gasteiger partial charge is 0.504 e. The zero-order valence-corrected chi connectivity index (χ0v) is 8.07. The van der Waals surface area contributed by atoms with Gasteiger partial charge >= 0.3 is 0 Å². The molecule has 80 valence electrons. The Morgan fingerprint density at radius 2 is 1.93 bits per heavy atom. The zero-order chi connectivity index (χ0) is 9.84. The fourth-order valence-corrected chi connectivity index (χ4v) is 1.06. The first-order valence-corrected chi connectivity index (χ1v) is 3.99. The maximum atomic E-state index is 9.48. The normalized spacial score (nSPS) is 11.9.